The van der Waals surface area contributed by atoms with Crippen molar-refractivity contribution in [2.45, 2.75) is 46.2 Å². The minimum atomic E-state index is 0.176. The van der Waals surface area contributed by atoms with E-state index in [2.05, 4.69) is 18.4 Å². The summed E-state index contributed by atoms with van der Waals surface area (Å²) in [6.07, 6.45) is 2.45. The van der Waals surface area contributed by atoms with Crippen molar-refractivity contribution in [2.24, 2.45) is 0 Å². The molecule has 0 radical (unpaired) electrons. The van der Waals surface area contributed by atoms with E-state index in [4.69, 9.17) is 9.47 Å². The second kappa shape index (κ2) is 8.17. The molecule has 0 unspecified atom stereocenters. The normalized spacial score (nSPS) is 13.9. The second-order valence-electron chi connectivity index (χ2n) is 7.40. The standard InChI is InChI=1S/C22H30N2O3/c1-6-27-21-10-7-17(12-22(21)26-5)13-23(4)14-20(25)19-11-15(2)24(16(19)3)18-8-9-18/h7,10-12,18H,6,8-9,13-14H2,1-5H3. The third-order valence-corrected chi connectivity index (χ3v) is 5.09. The van der Waals surface area contributed by atoms with Gasteiger partial charge in [-0.25, -0.2) is 0 Å². The number of ketones is 1. The molecule has 1 heterocycles. The molecule has 5 nitrogen and oxygen atoms in total. The molecule has 1 fully saturated rings. The third kappa shape index (κ3) is 4.35. The van der Waals surface area contributed by atoms with E-state index in [0.29, 0.717) is 25.7 Å². The number of methoxy groups -OCH3 is 1. The Labute approximate surface area is 161 Å². The molecule has 1 saturated carbocycles. The summed E-state index contributed by atoms with van der Waals surface area (Å²) in [6, 6.07) is 8.57. The summed E-state index contributed by atoms with van der Waals surface area (Å²) in [7, 11) is 3.62. The number of benzene rings is 1. The largest absolute Gasteiger partial charge is 0.493 e. The number of carbonyl (C=O) groups excluding carboxylic acids is 1. The lowest BCUT2D eigenvalue weighted by molar-refractivity contribution is 0.0942. The molecule has 0 aliphatic heterocycles. The van der Waals surface area contributed by atoms with E-state index >= 15 is 0 Å². The maximum atomic E-state index is 12.8. The van der Waals surface area contributed by atoms with Crippen molar-refractivity contribution in [1.29, 1.82) is 0 Å². The number of nitrogens with zero attached hydrogens (tertiary/aromatic N) is 2. The maximum absolute atomic E-state index is 12.8. The van der Waals surface area contributed by atoms with Crippen LogP contribution >= 0.6 is 0 Å². The Bertz CT molecular complexity index is 821. The van der Waals surface area contributed by atoms with Gasteiger partial charge in [-0.1, -0.05) is 6.07 Å². The van der Waals surface area contributed by atoms with E-state index in [-0.39, 0.29) is 5.78 Å². The van der Waals surface area contributed by atoms with Crippen molar-refractivity contribution in [3.05, 3.63) is 46.8 Å². The van der Waals surface area contributed by atoms with Crippen molar-refractivity contribution in [1.82, 2.24) is 9.47 Å². The fraction of sp³-hybridized carbons (Fsp3) is 0.500. The second-order valence-corrected chi connectivity index (χ2v) is 7.40. The van der Waals surface area contributed by atoms with E-state index in [0.717, 1.165) is 28.3 Å². The van der Waals surface area contributed by atoms with Gasteiger partial charge in [-0.2, -0.15) is 0 Å². The van der Waals surface area contributed by atoms with E-state index in [1.807, 2.05) is 43.1 Å². The van der Waals surface area contributed by atoms with Gasteiger partial charge < -0.3 is 14.0 Å². The zero-order chi connectivity index (χ0) is 19.6. The van der Waals surface area contributed by atoms with Gasteiger partial charge in [0.05, 0.1) is 20.3 Å². The molecule has 2 aromatic rings. The van der Waals surface area contributed by atoms with E-state index in [9.17, 15) is 4.79 Å². The highest BCUT2D eigenvalue weighted by Gasteiger charge is 2.28. The van der Waals surface area contributed by atoms with Gasteiger partial charge in [0.25, 0.3) is 0 Å². The number of hydrogen-bond acceptors (Lipinski definition) is 4. The highest BCUT2D eigenvalue weighted by atomic mass is 16.5. The van der Waals surface area contributed by atoms with Crippen LogP contribution in [0.4, 0.5) is 0 Å². The number of carbonyl (C=O) groups is 1. The molecule has 1 aliphatic carbocycles. The van der Waals surface area contributed by atoms with E-state index < -0.39 is 0 Å². The van der Waals surface area contributed by atoms with Crippen LogP contribution in [0.1, 0.15) is 53.1 Å². The van der Waals surface area contributed by atoms with Crippen molar-refractivity contribution >= 4 is 5.78 Å². The quantitative estimate of drug-likeness (QED) is 0.622. The van der Waals surface area contributed by atoms with Gasteiger partial charge >= 0.3 is 0 Å². The number of rotatable bonds is 9. The topological polar surface area (TPSA) is 43.7 Å². The summed E-state index contributed by atoms with van der Waals surface area (Å²) in [6.45, 7) is 7.78. The van der Waals surface area contributed by atoms with Gasteiger partial charge in [-0.05, 0) is 64.4 Å². The van der Waals surface area contributed by atoms with Crippen LogP contribution in [-0.2, 0) is 6.54 Å². The average molecular weight is 370 g/mol. The average Bonchev–Trinajstić information content (AvgIpc) is 3.41. The summed E-state index contributed by atoms with van der Waals surface area (Å²) in [5.74, 6) is 1.65. The van der Waals surface area contributed by atoms with Gasteiger partial charge in [-0.3, -0.25) is 9.69 Å². The van der Waals surface area contributed by atoms with Crippen LogP contribution < -0.4 is 9.47 Å². The summed E-state index contributed by atoms with van der Waals surface area (Å²) >= 11 is 0. The first kappa shape index (κ1) is 19.5. The number of aryl methyl sites for hydroxylation is 1. The van der Waals surface area contributed by atoms with Gasteiger partial charge in [0.2, 0.25) is 0 Å². The number of Topliss-reactive ketones (excluding diaryl/α,β-unsaturated/α-hetero) is 1. The van der Waals surface area contributed by atoms with Crippen LogP contribution in [0.5, 0.6) is 11.5 Å². The first-order valence-corrected chi connectivity index (χ1v) is 9.64. The van der Waals surface area contributed by atoms with Crippen LogP contribution in [0.3, 0.4) is 0 Å². The monoisotopic (exact) mass is 370 g/mol. The van der Waals surface area contributed by atoms with Gasteiger partial charge in [0, 0.05) is 29.5 Å². The van der Waals surface area contributed by atoms with E-state index in [1.165, 1.54) is 18.5 Å². The van der Waals surface area contributed by atoms with Crippen molar-refractivity contribution in [3.63, 3.8) is 0 Å². The highest BCUT2D eigenvalue weighted by Crippen LogP contribution is 2.38. The molecule has 0 N–H and O–H groups in total. The van der Waals surface area contributed by atoms with Crippen molar-refractivity contribution < 1.29 is 14.3 Å². The lowest BCUT2D eigenvalue weighted by Gasteiger charge is -2.17. The molecule has 0 bridgehead atoms. The fourth-order valence-corrected chi connectivity index (χ4v) is 3.74. The molecule has 0 spiro atoms. The molecule has 0 saturated heterocycles. The van der Waals surface area contributed by atoms with E-state index in [1.54, 1.807) is 7.11 Å². The number of aromatic nitrogens is 1. The number of likely N-dealkylation sites (N-methyl/N-ethyl adjacent to an activating group) is 1. The Kier molecular flexibility index (Phi) is 5.90. The molecule has 0 amide bonds. The number of ether oxygens (including phenoxy) is 2. The van der Waals surface area contributed by atoms with Crippen molar-refractivity contribution in [2.75, 3.05) is 27.3 Å². The van der Waals surface area contributed by atoms with Crippen LogP contribution in [0.15, 0.2) is 24.3 Å². The lowest BCUT2D eigenvalue weighted by atomic mass is 10.1. The molecule has 0 atom stereocenters. The van der Waals surface area contributed by atoms with Crippen LogP contribution in [-0.4, -0.2) is 42.6 Å². The summed E-state index contributed by atoms with van der Waals surface area (Å²) < 4.78 is 13.3. The molecule has 1 aliphatic rings. The molecule has 5 heteroatoms. The first-order valence-electron chi connectivity index (χ1n) is 9.64. The Hall–Kier alpha value is -2.27. The number of hydrogen-bond donors (Lipinski definition) is 0. The molecule has 27 heavy (non-hydrogen) atoms. The Morgan fingerprint density at radius 3 is 2.59 bits per heavy atom. The molecular weight excluding hydrogens is 340 g/mol. The molecular formula is C22H30N2O3. The Morgan fingerprint density at radius 2 is 1.96 bits per heavy atom. The minimum absolute atomic E-state index is 0.176. The summed E-state index contributed by atoms with van der Waals surface area (Å²) in [4.78, 5) is 14.9. The first-order chi connectivity index (χ1) is 12.9. The fourth-order valence-electron chi connectivity index (χ4n) is 3.74. The maximum Gasteiger partial charge on any atom is 0.178 e. The van der Waals surface area contributed by atoms with Crippen LogP contribution in [0.2, 0.25) is 0 Å². The SMILES string of the molecule is CCOc1ccc(CN(C)CC(=O)c2cc(C)n(C3CC3)c2C)cc1OC. The van der Waals surface area contributed by atoms with Gasteiger partial charge in [-0.15, -0.1) is 0 Å². The third-order valence-electron chi connectivity index (χ3n) is 5.09. The van der Waals surface area contributed by atoms with Crippen molar-refractivity contribution in [3.8, 4) is 11.5 Å². The molecule has 146 valence electrons. The summed E-state index contributed by atoms with van der Waals surface area (Å²) in [5, 5.41) is 0. The predicted octanol–water partition coefficient (Wildman–Crippen LogP) is 4.16. The molecule has 1 aromatic carbocycles. The highest BCUT2D eigenvalue weighted by molar-refractivity contribution is 5.99. The zero-order valence-corrected chi connectivity index (χ0v) is 17.0. The zero-order valence-electron chi connectivity index (χ0n) is 17.0. The molecule has 3 rings (SSSR count). The summed E-state index contributed by atoms with van der Waals surface area (Å²) in [5.41, 5.74) is 4.25. The van der Waals surface area contributed by atoms with Gasteiger partial charge in [0.1, 0.15) is 0 Å². The smallest absolute Gasteiger partial charge is 0.178 e. The minimum Gasteiger partial charge on any atom is -0.493 e. The van der Waals surface area contributed by atoms with Crippen LogP contribution in [0.25, 0.3) is 0 Å². The lowest BCUT2D eigenvalue weighted by Crippen LogP contribution is -2.26. The predicted molar refractivity (Wildman–Crippen MR) is 107 cm³/mol. The van der Waals surface area contributed by atoms with Gasteiger partial charge in [0.15, 0.2) is 17.3 Å². The molecule has 1 aromatic heterocycles. The van der Waals surface area contributed by atoms with Crippen LogP contribution in [0, 0.1) is 13.8 Å². The Balaban J connectivity index is 1.66. The Morgan fingerprint density at radius 1 is 1.22 bits per heavy atom.